The SMILES string of the molecule is CC(C)(C)c1cc2c3c(c1)C(C)(C)c1cccnc1N3c1cc(C(c3ccccc3)c3ccc4c(c3)N3c5ncccc5C(C)(C)c5cc(C(C)(C)C)cc(c53)C4(C)C)ccc1C2(C)C. The second-order valence-corrected chi connectivity index (χ2v) is 23.7. The average Bonchev–Trinajstić information content (AvgIpc) is 3.25. The molecule has 4 nitrogen and oxygen atoms in total. The predicted octanol–water partition coefficient (Wildman–Crippen LogP) is 15.7. The van der Waals surface area contributed by atoms with Gasteiger partial charge in [-0.25, -0.2) is 9.97 Å². The zero-order valence-corrected chi connectivity index (χ0v) is 41.0. The Morgan fingerprint density at radius 3 is 1.12 bits per heavy atom. The molecular weight excluding hydrogens is 789 g/mol. The van der Waals surface area contributed by atoms with Crippen molar-refractivity contribution >= 4 is 34.4 Å². The lowest BCUT2D eigenvalue weighted by Crippen LogP contribution is -2.39. The predicted molar refractivity (Wildman–Crippen MR) is 271 cm³/mol. The van der Waals surface area contributed by atoms with Gasteiger partial charge in [0.25, 0.3) is 0 Å². The molecule has 11 rings (SSSR count). The summed E-state index contributed by atoms with van der Waals surface area (Å²) in [6.07, 6.45) is 3.94. The molecule has 0 fully saturated rings. The van der Waals surface area contributed by atoms with Gasteiger partial charge < -0.3 is 0 Å². The van der Waals surface area contributed by atoms with Crippen molar-refractivity contribution in [3.8, 4) is 0 Å². The number of fused-ring (bicyclic) bond motifs is 8. The van der Waals surface area contributed by atoms with Crippen LogP contribution in [0.25, 0.3) is 0 Å². The summed E-state index contributed by atoms with van der Waals surface area (Å²) < 4.78 is 0. The second-order valence-electron chi connectivity index (χ2n) is 23.7. The molecule has 65 heavy (non-hydrogen) atoms. The highest BCUT2D eigenvalue weighted by Gasteiger charge is 2.49. The van der Waals surface area contributed by atoms with E-state index in [-0.39, 0.29) is 38.4 Å². The molecule has 0 saturated carbocycles. The van der Waals surface area contributed by atoms with Gasteiger partial charge in [0, 0.05) is 51.1 Å². The number of pyridine rings is 2. The van der Waals surface area contributed by atoms with E-state index in [1.165, 1.54) is 95.1 Å². The Kier molecular flexibility index (Phi) is 8.53. The summed E-state index contributed by atoms with van der Waals surface area (Å²) in [6.45, 7) is 33.3. The van der Waals surface area contributed by atoms with Gasteiger partial charge in [-0.2, -0.15) is 0 Å². The van der Waals surface area contributed by atoms with Gasteiger partial charge in [0.05, 0.1) is 22.7 Å². The summed E-state index contributed by atoms with van der Waals surface area (Å²) in [4.78, 5) is 15.5. The van der Waals surface area contributed by atoms with E-state index in [0.717, 1.165) is 11.6 Å². The van der Waals surface area contributed by atoms with Crippen LogP contribution in [0.1, 0.15) is 175 Å². The largest absolute Gasteiger partial charge is 0.294 e. The van der Waals surface area contributed by atoms with Crippen molar-refractivity contribution in [2.45, 2.75) is 135 Å². The van der Waals surface area contributed by atoms with Gasteiger partial charge in [-0.05, 0) is 96.3 Å². The summed E-state index contributed by atoms with van der Waals surface area (Å²) in [6, 6.07) is 44.6. The Balaban J connectivity index is 1.15. The van der Waals surface area contributed by atoms with Crippen molar-refractivity contribution in [1.82, 2.24) is 9.97 Å². The summed E-state index contributed by atoms with van der Waals surface area (Å²) >= 11 is 0. The fourth-order valence-corrected chi connectivity index (χ4v) is 12.0. The topological polar surface area (TPSA) is 32.3 Å². The van der Waals surface area contributed by atoms with Crippen molar-refractivity contribution in [2.24, 2.45) is 0 Å². The first-order chi connectivity index (χ1) is 30.5. The van der Waals surface area contributed by atoms with Crippen molar-refractivity contribution in [2.75, 3.05) is 9.80 Å². The first-order valence-electron chi connectivity index (χ1n) is 23.8. The zero-order valence-electron chi connectivity index (χ0n) is 41.0. The van der Waals surface area contributed by atoms with Gasteiger partial charge in [-0.3, -0.25) is 9.80 Å². The number of benzene rings is 5. The lowest BCUT2D eigenvalue weighted by atomic mass is 9.64. The van der Waals surface area contributed by atoms with E-state index in [9.17, 15) is 0 Å². The van der Waals surface area contributed by atoms with Crippen LogP contribution in [0.15, 0.2) is 128 Å². The number of hydrogen-bond acceptors (Lipinski definition) is 4. The van der Waals surface area contributed by atoms with Crippen molar-refractivity contribution < 1.29 is 0 Å². The summed E-state index contributed by atoms with van der Waals surface area (Å²) in [7, 11) is 0. The van der Waals surface area contributed by atoms with Crippen LogP contribution in [-0.4, -0.2) is 9.97 Å². The van der Waals surface area contributed by atoms with E-state index in [2.05, 4.69) is 222 Å². The normalized spacial score (nSPS) is 17.6. The molecule has 4 aliphatic rings. The van der Waals surface area contributed by atoms with Gasteiger partial charge in [-0.1, -0.05) is 188 Å². The van der Waals surface area contributed by atoms with E-state index in [4.69, 9.17) is 9.97 Å². The van der Waals surface area contributed by atoms with Crippen LogP contribution in [0, 0.1) is 0 Å². The minimum atomic E-state index is -0.252. The molecule has 2 aromatic heterocycles. The van der Waals surface area contributed by atoms with Gasteiger partial charge in [0.2, 0.25) is 0 Å². The molecule has 0 spiro atoms. The zero-order chi connectivity index (χ0) is 46.0. The maximum absolute atomic E-state index is 5.22. The molecule has 7 aromatic rings. The van der Waals surface area contributed by atoms with E-state index in [1.807, 2.05) is 12.4 Å². The molecule has 6 heterocycles. The highest BCUT2D eigenvalue weighted by Crippen LogP contribution is 2.63. The van der Waals surface area contributed by atoms with Crippen LogP contribution in [0.4, 0.5) is 34.4 Å². The molecule has 0 atom stereocenters. The molecule has 5 aromatic carbocycles. The van der Waals surface area contributed by atoms with E-state index in [0.29, 0.717) is 0 Å². The van der Waals surface area contributed by atoms with Crippen LogP contribution < -0.4 is 9.80 Å². The van der Waals surface area contributed by atoms with Crippen LogP contribution >= 0.6 is 0 Å². The molecule has 0 amide bonds. The number of aromatic nitrogens is 2. The Morgan fingerprint density at radius 2 is 0.754 bits per heavy atom. The molecule has 0 radical (unpaired) electrons. The molecule has 4 aliphatic heterocycles. The van der Waals surface area contributed by atoms with Gasteiger partial charge in [0.1, 0.15) is 11.6 Å². The minimum absolute atomic E-state index is 0.00355. The van der Waals surface area contributed by atoms with E-state index < -0.39 is 0 Å². The van der Waals surface area contributed by atoms with Crippen LogP contribution in [0.5, 0.6) is 0 Å². The first-order valence-corrected chi connectivity index (χ1v) is 23.8. The second kappa shape index (κ2) is 13.3. The molecule has 4 heteroatoms. The first kappa shape index (κ1) is 41.7. The fraction of sp³-hybridized carbons (Fsp3) is 0.344. The number of nitrogens with zero attached hydrogens (tertiary/aromatic N) is 4. The minimum Gasteiger partial charge on any atom is -0.294 e. The summed E-state index contributed by atoms with van der Waals surface area (Å²) in [5.74, 6) is 2.01. The lowest BCUT2D eigenvalue weighted by Gasteiger charge is -2.50. The van der Waals surface area contributed by atoms with Gasteiger partial charge >= 0.3 is 0 Å². The molecule has 0 bridgehead atoms. The Morgan fingerprint density at radius 1 is 0.385 bits per heavy atom. The Labute approximate surface area is 387 Å². The lowest BCUT2D eigenvalue weighted by molar-refractivity contribution is 0.562. The maximum Gasteiger partial charge on any atom is 0.141 e. The maximum atomic E-state index is 5.22. The van der Waals surface area contributed by atoms with Crippen LogP contribution in [0.2, 0.25) is 0 Å². The van der Waals surface area contributed by atoms with Gasteiger partial charge in [0.15, 0.2) is 0 Å². The number of hydrogen-bond donors (Lipinski definition) is 0. The van der Waals surface area contributed by atoms with Crippen molar-refractivity contribution in [3.63, 3.8) is 0 Å². The summed E-state index contributed by atoms with van der Waals surface area (Å²) in [5, 5.41) is 0. The monoisotopic (exact) mass is 853 g/mol. The fourth-order valence-electron chi connectivity index (χ4n) is 12.0. The molecule has 0 N–H and O–H groups in total. The van der Waals surface area contributed by atoms with Crippen LogP contribution in [-0.2, 0) is 32.5 Å². The molecule has 0 saturated heterocycles. The molecule has 0 aliphatic carbocycles. The number of anilines is 6. The average molecular weight is 853 g/mol. The molecule has 0 unspecified atom stereocenters. The highest BCUT2D eigenvalue weighted by atomic mass is 15.2. The highest BCUT2D eigenvalue weighted by molar-refractivity contribution is 5.94. The molecule has 328 valence electrons. The summed E-state index contributed by atoms with van der Waals surface area (Å²) in [5.41, 5.74) is 21.2. The van der Waals surface area contributed by atoms with Crippen molar-refractivity contribution in [3.05, 3.63) is 200 Å². The van der Waals surface area contributed by atoms with E-state index >= 15 is 0 Å². The third kappa shape index (κ3) is 5.74. The third-order valence-electron chi connectivity index (χ3n) is 16.1. The van der Waals surface area contributed by atoms with Gasteiger partial charge in [-0.15, -0.1) is 0 Å². The van der Waals surface area contributed by atoms with Crippen LogP contribution in [0.3, 0.4) is 0 Å². The Bertz CT molecular complexity index is 2910. The Hall–Kier alpha value is -6.00. The van der Waals surface area contributed by atoms with Crippen molar-refractivity contribution in [1.29, 1.82) is 0 Å². The third-order valence-corrected chi connectivity index (χ3v) is 16.1. The quantitative estimate of drug-likeness (QED) is 0.166. The smallest absolute Gasteiger partial charge is 0.141 e. The standard InChI is InChI=1S/C61H64N4/c1-56(2,3)39-32-45-52-47(34-39)60(11,12)43-22-18-28-62-54(43)64(52)49-30-37(24-26-41(49)58(45,7)8)51(36-20-16-15-17-21-36)38-25-27-42-50(31-38)65-53-46(59(42,9)10)33-40(57(4,5)6)35-48(53)61(13,14)44-23-19-29-63-55(44)65/h15-35,51H,1-14H3. The van der Waals surface area contributed by atoms with E-state index in [1.54, 1.807) is 0 Å². The molecular formula is C61H64N4. The number of rotatable bonds is 3.